The fourth-order valence-electron chi connectivity index (χ4n) is 2.61. The van der Waals surface area contributed by atoms with Crippen molar-refractivity contribution >= 4 is 0 Å². The third kappa shape index (κ3) is 2.28. The number of rotatable bonds is 3. The first-order chi connectivity index (χ1) is 8.56. The van der Waals surface area contributed by atoms with E-state index in [1.54, 1.807) is 6.07 Å². The standard InChI is InChI=1S/C13H19FN2O2/c1-16-7-8(6-15)3-11(16)9-4-10(14)13(17)12(5-9)18-2/h4-5,8,11,17H,3,6-7,15H2,1-2H3. The largest absolute Gasteiger partial charge is 0.502 e. The summed E-state index contributed by atoms with van der Waals surface area (Å²) in [4.78, 5) is 2.16. The highest BCUT2D eigenvalue weighted by Gasteiger charge is 2.30. The molecular weight excluding hydrogens is 235 g/mol. The zero-order valence-electron chi connectivity index (χ0n) is 10.7. The highest BCUT2D eigenvalue weighted by atomic mass is 19.1. The number of aromatic hydroxyl groups is 1. The van der Waals surface area contributed by atoms with E-state index in [1.165, 1.54) is 13.2 Å². The maximum absolute atomic E-state index is 13.6. The molecule has 2 rings (SSSR count). The molecule has 5 heteroatoms. The topological polar surface area (TPSA) is 58.7 Å². The molecule has 3 N–H and O–H groups in total. The van der Waals surface area contributed by atoms with E-state index in [4.69, 9.17) is 10.5 Å². The summed E-state index contributed by atoms with van der Waals surface area (Å²) < 4.78 is 18.6. The third-order valence-corrected chi connectivity index (χ3v) is 3.62. The average molecular weight is 254 g/mol. The van der Waals surface area contributed by atoms with Gasteiger partial charge in [-0.25, -0.2) is 4.39 Å². The highest BCUT2D eigenvalue weighted by molar-refractivity contribution is 5.44. The molecule has 100 valence electrons. The van der Waals surface area contributed by atoms with E-state index in [2.05, 4.69) is 4.90 Å². The molecule has 1 aromatic rings. The van der Waals surface area contributed by atoms with E-state index in [9.17, 15) is 9.50 Å². The molecule has 1 aromatic carbocycles. The molecule has 1 fully saturated rings. The van der Waals surface area contributed by atoms with Crippen LogP contribution < -0.4 is 10.5 Å². The van der Waals surface area contributed by atoms with E-state index in [0.717, 1.165) is 18.5 Å². The average Bonchev–Trinajstić information content (AvgIpc) is 2.74. The number of methoxy groups -OCH3 is 1. The van der Waals surface area contributed by atoms with Crippen LogP contribution in [-0.2, 0) is 0 Å². The summed E-state index contributed by atoms with van der Waals surface area (Å²) in [7, 11) is 3.41. The maximum atomic E-state index is 13.6. The molecule has 1 saturated heterocycles. The van der Waals surface area contributed by atoms with E-state index in [0.29, 0.717) is 12.5 Å². The van der Waals surface area contributed by atoms with Gasteiger partial charge < -0.3 is 15.6 Å². The molecule has 1 aliphatic heterocycles. The van der Waals surface area contributed by atoms with E-state index < -0.39 is 11.6 Å². The molecule has 2 atom stereocenters. The number of phenols is 1. The number of ether oxygens (including phenoxy) is 1. The Hall–Kier alpha value is -1.33. The van der Waals surface area contributed by atoms with Crippen LogP contribution in [0.2, 0.25) is 0 Å². The molecule has 0 aliphatic carbocycles. The lowest BCUT2D eigenvalue weighted by molar-refractivity contribution is 0.309. The number of nitrogens with two attached hydrogens (primary N) is 1. The van der Waals surface area contributed by atoms with Crippen molar-refractivity contribution in [3.63, 3.8) is 0 Å². The van der Waals surface area contributed by atoms with Crippen LogP contribution in [0, 0.1) is 11.7 Å². The fourth-order valence-corrected chi connectivity index (χ4v) is 2.61. The van der Waals surface area contributed by atoms with E-state index in [-0.39, 0.29) is 11.8 Å². The second kappa shape index (κ2) is 5.12. The summed E-state index contributed by atoms with van der Waals surface area (Å²) in [5.41, 5.74) is 6.50. The zero-order chi connectivity index (χ0) is 13.3. The molecule has 0 amide bonds. The lowest BCUT2D eigenvalue weighted by Crippen LogP contribution is -2.20. The Morgan fingerprint density at radius 1 is 1.56 bits per heavy atom. The van der Waals surface area contributed by atoms with Crippen LogP contribution in [-0.4, -0.2) is 37.3 Å². The van der Waals surface area contributed by atoms with Crippen molar-refractivity contribution in [1.82, 2.24) is 4.90 Å². The first-order valence-electron chi connectivity index (χ1n) is 6.03. The van der Waals surface area contributed by atoms with Crippen LogP contribution >= 0.6 is 0 Å². The summed E-state index contributed by atoms with van der Waals surface area (Å²) in [5.74, 6) is -0.469. The van der Waals surface area contributed by atoms with Gasteiger partial charge in [-0.2, -0.15) is 0 Å². The van der Waals surface area contributed by atoms with E-state index >= 15 is 0 Å². The summed E-state index contributed by atoms with van der Waals surface area (Å²) >= 11 is 0. The number of benzene rings is 1. The Morgan fingerprint density at radius 3 is 2.83 bits per heavy atom. The van der Waals surface area contributed by atoms with Crippen molar-refractivity contribution in [2.24, 2.45) is 11.7 Å². The third-order valence-electron chi connectivity index (χ3n) is 3.62. The quantitative estimate of drug-likeness (QED) is 0.858. The van der Waals surface area contributed by atoms with Gasteiger partial charge in [0.25, 0.3) is 0 Å². The Morgan fingerprint density at radius 2 is 2.28 bits per heavy atom. The van der Waals surface area contributed by atoms with Gasteiger partial charge >= 0.3 is 0 Å². The molecule has 1 aliphatic rings. The Kier molecular flexibility index (Phi) is 3.73. The van der Waals surface area contributed by atoms with Crippen LogP contribution in [0.3, 0.4) is 0 Å². The fraction of sp³-hybridized carbons (Fsp3) is 0.538. The molecule has 0 radical (unpaired) electrons. The van der Waals surface area contributed by atoms with Crippen molar-refractivity contribution < 1.29 is 14.2 Å². The van der Waals surface area contributed by atoms with Gasteiger partial charge in [-0.1, -0.05) is 0 Å². The van der Waals surface area contributed by atoms with Crippen LogP contribution in [0.1, 0.15) is 18.0 Å². The molecule has 0 bridgehead atoms. The van der Waals surface area contributed by atoms with Crippen LogP contribution in [0.15, 0.2) is 12.1 Å². The van der Waals surface area contributed by atoms with Gasteiger partial charge in [0.15, 0.2) is 17.3 Å². The normalized spacial score (nSPS) is 24.4. The second-order valence-electron chi connectivity index (χ2n) is 4.85. The highest BCUT2D eigenvalue weighted by Crippen LogP contribution is 2.38. The number of halogens is 1. The minimum atomic E-state index is -0.644. The van der Waals surface area contributed by atoms with E-state index in [1.807, 2.05) is 7.05 Å². The van der Waals surface area contributed by atoms with Gasteiger partial charge in [-0.05, 0) is 43.6 Å². The maximum Gasteiger partial charge on any atom is 0.194 e. The number of likely N-dealkylation sites (tertiary alicyclic amines) is 1. The van der Waals surface area contributed by atoms with Gasteiger partial charge in [0, 0.05) is 12.6 Å². The lowest BCUT2D eigenvalue weighted by atomic mass is 9.99. The minimum Gasteiger partial charge on any atom is -0.502 e. The first kappa shape index (κ1) is 13.1. The molecular formula is C13H19FN2O2. The van der Waals surface area contributed by atoms with Gasteiger partial charge in [0.1, 0.15) is 0 Å². The first-order valence-corrected chi connectivity index (χ1v) is 6.03. The van der Waals surface area contributed by atoms with Crippen molar-refractivity contribution in [2.45, 2.75) is 12.5 Å². The van der Waals surface area contributed by atoms with Gasteiger partial charge in [-0.3, -0.25) is 4.90 Å². The monoisotopic (exact) mass is 254 g/mol. The molecule has 0 spiro atoms. The summed E-state index contributed by atoms with van der Waals surface area (Å²) in [6.07, 6.45) is 0.903. The molecule has 0 aromatic heterocycles. The molecule has 18 heavy (non-hydrogen) atoms. The number of phenolic OH excluding ortho intramolecular Hbond substituents is 1. The Balaban J connectivity index is 2.31. The molecule has 2 unspecified atom stereocenters. The van der Waals surface area contributed by atoms with Crippen LogP contribution in [0.5, 0.6) is 11.5 Å². The van der Waals surface area contributed by atoms with Crippen molar-refractivity contribution in [1.29, 1.82) is 0 Å². The summed E-state index contributed by atoms with van der Waals surface area (Å²) in [6, 6.07) is 3.19. The van der Waals surface area contributed by atoms with Crippen molar-refractivity contribution in [3.8, 4) is 11.5 Å². The smallest absolute Gasteiger partial charge is 0.194 e. The van der Waals surface area contributed by atoms with Crippen molar-refractivity contribution in [3.05, 3.63) is 23.5 Å². The predicted molar refractivity (Wildman–Crippen MR) is 67.1 cm³/mol. The number of hydrogen-bond donors (Lipinski definition) is 2. The van der Waals surface area contributed by atoms with Crippen LogP contribution in [0.4, 0.5) is 4.39 Å². The van der Waals surface area contributed by atoms with Crippen LogP contribution in [0.25, 0.3) is 0 Å². The summed E-state index contributed by atoms with van der Waals surface area (Å²) in [5, 5.41) is 9.50. The Labute approximate surface area is 106 Å². The number of nitrogens with zero attached hydrogens (tertiary/aromatic N) is 1. The van der Waals surface area contributed by atoms with Gasteiger partial charge in [0.05, 0.1) is 7.11 Å². The summed E-state index contributed by atoms with van der Waals surface area (Å²) in [6.45, 7) is 1.55. The SMILES string of the molecule is COc1cc(C2CC(CN)CN2C)cc(F)c1O. The van der Waals surface area contributed by atoms with Crippen molar-refractivity contribution in [2.75, 3.05) is 27.2 Å². The molecule has 0 saturated carbocycles. The Bertz CT molecular complexity index is 439. The zero-order valence-corrected chi connectivity index (χ0v) is 10.7. The predicted octanol–water partition coefficient (Wildman–Crippen LogP) is 1.49. The molecule has 1 heterocycles. The molecule has 4 nitrogen and oxygen atoms in total. The second-order valence-corrected chi connectivity index (χ2v) is 4.85. The van der Waals surface area contributed by atoms with Gasteiger partial charge in [-0.15, -0.1) is 0 Å². The minimum absolute atomic E-state index is 0.127. The van der Waals surface area contributed by atoms with Gasteiger partial charge in [0.2, 0.25) is 0 Å². The lowest BCUT2D eigenvalue weighted by Gasteiger charge is -2.20. The number of hydrogen-bond acceptors (Lipinski definition) is 4.